The molecule has 0 radical (unpaired) electrons. The zero-order valence-corrected chi connectivity index (χ0v) is 25.7. The first-order chi connectivity index (χ1) is 19.6. The van der Waals surface area contributed by atoms with Crippen LogP contribution in [-0.2, 0) is 19.3 Å². The molecule has 11 heteroatoms. The third-order valence-corrected chi connectivity index (χ3v) is 8.46. The van der Waals surface area contributed by atoms with Crippen molar-refractivity contribution in [3.8, 4) is 0 Å². The van der Waals surface area contributed by atoms with Gasteiger partial charge in [0.25, 0.3) is 5.91 Å². The molecule has 0 heterocycles. The molecular weight excluding hydrogens is 566 g/mol. The predicted octanol–water partition coefficient (Wildman–Crippen LogP) is 4.88. The minimum Gasteiger partial charge on any atom is -0.450 e. The van der Waals surface area contributed by atoms with E-state index < -0.39 is 22.0 Å². The lowest BCUT2D eigenvalue weighted by Gasteiger charge is -2.27. The predicted molar refractivity (Wildman–Crippen MR) is 160 cm³/mol. The fourth-order valence-electron chi connectivity index (χ4n) is 5.22. The highest BCUT2D eigenvalue weighted by Gasteiger charge is 2.24. The van der Waals surface area contributed by atoms with Crippen molar-refractivity contribution in [1.82, 2.24) is 16.0 Å². The molecule has 1 aliphatic rings. The van der Waals surface area contributed by atoms with Crippen LogP contribution in [0.4, 0.5) is 4.79 Å². The van der Waals surface area contributed by atoms with Gasteiger partial charge in [-0.2, -0.15) is 0 Å². The van der Waals surface area contributed by atoms with Crippen molar-refractivity contribution in [3.63, 3.8) is 0 Å². The lowest BCUT2D eigenvalue weighted by molar-refractivity contribution is 0.0792. The first-order valence-electron chi connectivity index (χ1n) is 14.2. The van der Waals surface area contributed by atoms with Crippen LogP contribution in [-0.4, -0.2) is 66.1 Å². The summed E-state index contributed by atoms with van der Waals surface area (Å²) >= 11 is 6.27. The van der Waals surface area contributed by atoms with Crippen molar-refractivity contribution in [3.05, 3.63) is 64.2 Å². The topological polar surface area (TPSA) is 123 Å². The number of alkyl carbamates (subject to hydrolysis) is 1. The van der Waals surface area contributed by atoms with Crippen LogP contribution in [0.5, 0.6) is 0 Å². The minimum atomic E-state index is -3.66. The standard InChI is InChI=1S/C30H42ClN3O6S/c1-4-39-30(36)33-13-14-40-28(22-11-8-12-25(31)17-22)23-16-24(19-27(18-23)41(3,37)38)29(35)34-26(20-32-2)15-21-9-6-5-7-10-21/h8,11-12,16-19,21,26,28,32H,4-7,9-10,13-15,20H2,1-3H3,(H,33,36)(H,34,35). The molecule has 2 amide bonds. The number of amides is 2. The fraction of sp³-hybridized carbons (Fsp3) is 0.533. The van der Waals surface area contributed by atoms with Crippen LogP contribution in [0.25, 0.3) is 0 Å². The second-order valence-electron chi connectivity index (χ2n) is 10.5. The second kappa shape index (κ2) is 16.1. The van der Waals surface area contributed by atoms with E-state index in [2.05, 4.69) is 16.0 Å². The SMILES string of the molecule is CCOC(=O)NCCOC(c1cccc(Cl)c1)c1cc(C(=O)NC(CNC)CC2CCCCC2)cc(S(C)(=O)=O)c1. The van der Waals surface area contributed by atoms with Crippen molar-refractivity contribution in [2.45, 2.75) is 62.5 Å². The van der Waals surface area contributed by atoms with Gasteiger partial charge in [-0.15, -0.1) is 0 Å². The number of carbonyl (C=O) groups is 2. The average Bonchev–Trinajstić information content (AvgIpc) is 2.93. The number of sulfone groups is 1. The Labute approximate surface area is 248 Å². The van der Waals surface area contributed by atoms with Gasteiger partial charge in [0.1, 0.15) is 6.10 Å². The molecule has 2 unspecified atom stereocenters. The first-order valence-corrected chi connectivity index (χ1v) is 16.5. The summed E-state index contributed by atoms with van der Waals surface area (Å²) in [6, 6.07) is 11.5. The Hall–Kier alpha value is -2.66. The summed E-state index contributed by atoms with van der Waals surface area (Å²) in [5.74, 6) is 0.214. The largest absolute Gasteiger partial charge is 0.450 e. The van der Waals surface area contributed by atoms with E-state index in [0.29, 0.717) is 28.6 Å². The van der Waals surface area contributed by atoms with Gasteiger partial charge in [-0.1, -0.05) is 55.8 Å². The Morgan fingerprint density at radius 1 is 1.07 bits per heavy atom. The lowest BCUT2D eigenvalue weighted by Crippen LogP contribution is -2.42. The van der Waals surface area contributed by atoms with Crippen LogP contribution in [0.2, 0.25) is 5.02 Å². The van der Waals surface area contributed by atoms with Crippen molar-refractivity contribution in [2.24, 2.45) is 5.92 Å². The molecule has 2 aromatic carbocycles. The fourth-order valence-corrected chi connectivity index (χ4v) is 6.11. The maximum absolute atomic E-state index is 13.6. The van der Waals surface area contributed by atoms with Gasteiger partial charge in [-0.05, 0) is 67.8 Å². The number of halogens is 1. The second-order valence-corrected chi connectivity index (χ2v) is 12.9. The zero-order chi connectivity index (χ0) is 29.8. The third kappa shape index (κ3) is 10.6. The van der Waals surface area contributed by atoms with Crippen LogP contribution < -0.4 is 16.0 Å². The molecule has 41 heavy (non-hydrogen) atoms. The molecule has 0 bridgehead atoms. The first kappa shape index (κ1) is 32.8. The van der Waals surface area contributed by atoms with Gasteiger partial charge < -0.3 is 25.4 Å². The van der Waals surface area contributed by atoms with Crippen molar-refractivity contribution in [1.29, 1.82) is 0 Å². The highest BCUT2D eigenvalue weighted by atomic mass is 35.5. The quantitative estimate of drug-likeness (QED) is 0.262. The molecule has 0 aromatic heterocycles. The van der Waals surface area contributed by atoms with Gasteiger partial charge in [0.05, 0.1) is 18.1 Å². The van der Waals surface area contributed by atoms with Crippen molar-refractivity contribution in [2.75, 3.05) is 39.6 Å². The molecule has 1 saturated carbocycles. The Morgan fingerprint density at radius 2 is 1.83 bits per heavy atom. The van der Waals surface area contributed by atoms with Crippen LogP contribution >= 0.6 is 11.6 Å². The monoisotopic (exact) mass is 607 g/mol. The van der Waals surface area contributed by atoms with Crippen molar-refractivity contribution >= 4 is 33.4 Å². The smallest absolute Gasteiger partial charge is 0.407 e. The van der Waals surface area contributed by atoms with E-state index in [9.17, 15) is 18.0 Å². The highest BCUT2D eigenvalue weighted by molar-refractivity contribution is 7.90. The molecule has 9 nitrogen and oxygen atoms in total. The molecule has 1 fully saturated rings. The Balaban J connectivity index is 1.91. The Kier molecular flexibility index (Phi) is 12.9. The van der Waals surface area contributed by atoms with Crippen LogP contribution in [0, 0.1) is 5.92 Å². The summed E-state index contributed by atoms with van der Waals surface area (Å²) in [7, 11) is -1.80. The van der Waals surface area contributed by atoms with E-state index in [1.165, 1.54) is 31.4 Å². The number of hydrogen-bond acceptors (Lipinski definition) is 7. The average molecular weight is 608 g/mol. The van der Waals surface area contributed by atoms with Crippen LogP contribution in [0.3, 0.4) is 0 Å². The third-order valence-electron chi connectivity index (χ3n) is 7.13. The number of benzene rings is 2. The van der Waals surface area contributed by atoms with E-state index in [1.54, 1.807) is 31.2 Å². The van der Waals surface area contributed by atoms with Crippen LogP contribution in [0.15, 0.2) is 47.4 Å². The number of nitrogens with one attached hydrogen (secondary N) is 3. The Morgan fingerprint density at radius 3 is 2.49 bits per heavy atom. The number of hydrogen-bond donors (Lipinski definition) is 3. The number of likely N-dealkylation sites (N-methyl/N-ethyl adjacent to an activating group) is 1. The van der Waals surface area contributed by atoms with Gasteiger partial charge in [-0.3, -0.25) is 4.79 Å². The maximum Gasteiger partial charge on any atom is 0.407 e. The number of ether oxygens (including phenoxy) is 2. The van der Waals surface area contributed by atoms with Gasteiger partial charge in [0, 0.05) is 36.0 Å². The maximum atomic E-state index is 13.6. The van der Waals surface area contributed by atoms with E-state index in [4.69, 9.17) is 21.1 Å². The summed E-state index contributed by atoms with van der Waals surface area (Å²) < 4.78 is 36.4. The van der Waals surface area contributed by atoms with Crippen LogP contribution in [0.1, 0.15) is 73.0 Å². The summed E-state index contributed by atoms with van der Waals surface area (Å²) in [6.07, 6.45) is 6.68. The summed E-state index contributed by atoms with van der Waals surface area (Å²) in [6.45, 7) is 2.85. The molecule has 226 valence electrons. The van der Waals surface area contributed by atoms with Crippen molar-refractivity contribution < 1.29 is 27.5 Å². The summed E-state index contributed by atoms with van der Waals surface area (Å²) in [4.78, 5) is 25.3. The van der Waals surface area contributed by atoms with E-state index >= 15 is 0 Å². The molecule has 0 aliphatic heterocycles. The van der Waals surface area contributed by atoms with Gasteiger partial charge in [-0.25, -0.2) is 13.2 Å². The molecule has 0 saturated heterocycles. The lowest BCUT2D eigenvalue weighted by atomic mass is 9.84. The minimum absolute atomic E-state index is 0.0119. The summed E-state index contributed by atoms with van der Waals surface area (Å²) in [5.41, 5.74) is 1.39. The molecule has 2 aromatic rings. The summed E-state index contributed by atoms with van der Waals surface area (Å²) in [5, 5.41) is 9.39. The molecule has 1 aliphatic carbocycles. The zero-order valence-electron chi connectivity index (χ0n) is 24.1. The number of carbonyl (C=O) groups excluding carboxylic acids is 2. The molecule has 0 spiro atoms. The molecule has 3 rings (SSSR count). The van der Waals surface area contributed by atoms with Gasteiger partial charge in [0.2, 0.25) is 0 Å². The molecular formula is C30H42ClN3O6S. The van der Waals surface area contributed by atoms with Gasteiger partial charge in [0.15, 0.2) is 9.84 Å². The molecule has 3 N–H and O–H groups in total. The normalized spacial score (nSPS) is 15.6. The molecule has 2 atom stereocenters. The Bertz CT molecular complexity index is 1270. The van der Waals surface area contributed by atoms with Gasteiger partial charge >= 0.3 is 6.09 Å². The number of rotatable bonds is 14. The van der Waals surface area contributed by atoms with E-state index in [1.807, 2.05) is 13.1 Å². The van der Waals surface area contributed by atoms with E-state index in [-0.39, 0.29) is 42.2 Å². The van der Waals surface area contributed by atoms with E-state index in [0.717, 1.165) is 25.5 Å². The highest BCUT2D eigenvalue weighted by Crippen LogP contribution is 2.31.